The molecular weight excluding hydrogens is 315 g/mol. The van der Waals surface area contributed by atoms with Gasteiger partial charge in [-0.2, -0.15) is 13.2 Å². The van der Waals surface area contributed by atoms with Gasteiger partial charge < -0.3 is 5.32 Å². The highest BCUT2D eigenvalue weighted by Crippen LogP contribution is 2.30. The summed E-state index contributed by atoms with van der Waals surface area (Å²) in [4.78, 5) is 11.7. The number of alkyl halides is 3. The molecule has 0 bridgehead atoms. The minimum Gasteiger partial charge on any atom is -0.322 e. The van der Waals surface area contributed by atoms with Crippen molar-refractivity contribution in [3.8, 4) is 0 Å². The van der Waals surface area contributed by atoms with E-state index in [0.29, 0.717) is 10.6 Å². The maximum atomic E-state index is 12.6. The molecule has 0 aliphatic heterocycles. The molecule has 0 aromatic heterocycles. The van der Waals surface area contributed by atoms with E-state index in [-0.39, 0.29) is 5.69 Å². The van der Waals surface area contributed by atoms with Gasteiger partial charge in [-0.1, -0.05) is 29.8 Å². The lowest BCUT2D eigenvalue weighted by molar-refractivity contribution is -0.137. The predicted molar refractivity (Wildman–Crippen MR) is 80.6 cm³/mol. The van der Waals surface area contributed by atoms with E-state index in [1.54, 1.807) is 24.3 Å². The molecule has 0 fully saturated rings. The van der Waals surface area contributed by atoms with Gasteiger partial charge in [0.15, 0.2) is 0 Å². The molecule has 0 heterocycles. The summed E-state index contributed by atoms with van der Waals surface area (Å²) >= 11 is 5.81. The van der Waals surface area contributed by atoms with Crippen LogP contribution in [0, 0.1) is 0 Å². The van der Waals surface area contributed by atoms with E-state index in [9.17, 15) is 18.0 Å². The Morgan fingerprint density at radius 3 is 2.50 bits per heavy atom. The number of rotatable bonds is 3. The first-order chi connectivity index (χ1) is 10.3. The number of carbonyl (C=O) groups is 1. The molecule has 1 amide bonds. The second-order valence-electron chi connectivity index (χ2n) is 4.46. The van der Waals surface area contributed by atoms with Crippen LogP contribution in [0.25, 0.3) is 6.08 Å². The zero-order valence-electron chi connectivity index (χ0n) is 11.2. The molecule has 114 valence electrons. The first kappa shape index (κ1) is 16.1. The molecule has 6 heteroatoms. The highest BCUT2D eigenvalue weighted by atomic mass is 35.5. The van der Waals surface area contributed by atoms with Crippen LogP contribution in [0.2, 0.25) is 5.02 Å². The average molecular weight is 326 g/mol. The standard InChI is InChI=1S/C16H11ClF3NO/c17-13-5-1-3-11(9-13)7-8-15(22)21-14-6-2-4-12(10-14)16(18,19)20/h1-10H,(H,21,22)/b8-7-. The van der Waals surface area contributed by atoms with Gasteiger partial charge >= 0.3 is 6.18 Å². The fourth-order valence-corrected chi connectivity index (χ4v) is 1.94. The second-order valence-corrected chi connectivity index (χ2v) is 4.89. The Hall–Kier alpha value is -2.27. The van der Waals surface area contributed by atoms with Crippen LogP contribution in [0.5, 0.6) is 0 Å². The molecule has 2 nitrogen and oxygen atoms in total. The van der Waals surface area contributed by atoms with Gasteiger partial charge in [-0.05, 0) is 42.0 Å². The van der Waals surface area contributed by atoms with Crippen molar-refractivity contribution in [1.82, 2.24) is 0 Å². The van der Waals surface area contributed by atoms with Gasteiger partial charge in [0.05, 0.1) is 5.56 Å². The lowest BCUT2D eigenvalue weighted by Gasteiger charge is -2.08. The van der Waals surface area contributed by atoms with Gasteiger partial charge in [0.1, 0.15) is 0 Å². The van der Waals surface area contributed by atoms with Crippen LogP contribution >= 0.6 is 11.6 Å². The zero-order valence-corrected chi connectivity index (χ0v) is 11.9. The van der Waals surface area contributed by atoms with E-state index in [1.165, 1.54) is 24.3 Å². The summed E-state index contributed by atoms with van der Waals surface area (Å²) in [6, 6.07) is 11.3. The van der Waals surface area contributed by atoms with Crippen LogP contribution in [0.3, 0.4) is 0 Å². The summed E-state index contributed by atoms with van der Waals surface area (Å²) < 4.78 is 37.7. The fraction of sp³-hybridized carbons (Fsp3) is 0.0625. The Morgan fingerprint density at radius 1 is 1.09 bits per heavy atom. The van der Waals surface area contributed by atoms with Crippen LogP contribution in [0.4, 0.5) is 18.9 Å². The number of halogens is 4. The van der Waals surface area contributed by atoms with Crippen molar-refractivity contribution >= 4 is 29.3 Å². The molecule has 0 atom stereocenters. The third kappa shape index (κ3) is 4.63. The number of hydrogen-bond acceptors (Lipinski definition) is 1. The molecule has 22 heavy (non-hydrogen) atoms. The van der Waals surface area contributed by atoms with Crippen molar-refractivity contribution in [3.05, 3.63) is 70.8 Å². The molecule has 0 spiro atoms. The van der Waals surface area contributed by atoms with E-state index in [0.717, 1.165) is 12.1 Å². The van der Waals surface area contributed by atoms with Crippen molar-refractivity contribution in [2.45, 2.75) is 6.18 Å². The number of amides is 1. The van der Waals surface area contributed by atoms with Crippen LogP contribution < -0.4 is 5.32 Å². The molecule has 0 aliphatic carbocycles. The van der Waals surface area contributed by atoms with E-state index in [1.807, 2.05) is 0 Å². The van der Waals surface area contributed by atoms with Crippen molar-refractivity contribution < 1.29 is 18.0 Å². The first-order valence-corrected chi connectivity index (χ1v) is 6.64. The monoisotopic (exact) mass is 325 g/mol. The Kier molecular flexibility index (Phi) is 4.88. The molecule has 0 radical (unpaired) electrons. The third-order valence-electron chi connectivity index (χ3n) is 2.73. The van der Waals surface area contributed by atoms with Gasteiger partial charge in [0.25, 0.3) is 0 Å². The topological polar surface area (TPSA) is 29.1 Å². The Balaban J connectivity index is 2.06. The maximum Gasteiger partial charge on any atom is 0.416 e. The van der Waals surface area contributed by atoms with Crippen LogP contribution in [0.1, 0.15) is 11.1 Å². The van der Waals surface area contributed by atoms with E-state index >= 15 is 0 Å². The smallest absolute Gasteiger partial charge is 0.322 e. The number of nitrogens with one attached hydrogen (secondary N) is 1. The van der Waals surface area contributed by atoms with Crippen LogP contribution in [-0.2, 0) is 11.0 Å². The lowest BCUT2D eigenvalue weighted by Crippen LogP contribution is -2.10. The maximum absolute atomic E-state index is 12.6. The molecule has 0 saturated carbocycles. The third-order valence-corrected chi connectivity index (χ3v) is 2.97. The van der Waals surface area contributed by atoms with E-state index in [4.69, 9.17) is 11.6 Å². The molecule has 0 unspecified atom stereocenters. The second kappa shape index (κ2) is 6.66. The Morgan fingerprint density at radius 2 is 1.82 bits per heavy atom. The quantitative estimate of drug-likeness (QED) is 0.790. The van der Waals surface area contributed by atoms with Crippen molar-refractivity contribution in [1.29, 1.82) is 0 Å². The summed E-state index contributed by atoms with van der Waals surface area (Å²) in [6.45, 7) is 0. The SMILES string of the molecule is O=C(/C=C\c1cccc(Cl)c1)Nc1cccc(C(F)(F)F)c1. The van der Waals surface area contributed by atoms with Crippen LogP contribution in [0.15, 0.2) is 54.6 Å². The van der Waals surface area contributed by atoms with Gasteiger partial charge in [0.2, 0.25) is 5.91 Å². The minimum atomic E-state index is -4.45. The van der Waals surface area contributed by atoms with Crippen molar-refractivity contribution in [2.75, 3.05) is 5.32 Å². The van der Waals surface area contributed by atoms with E-state index < -0.39 is 17.6 Å². The largest absolute Gasteiger partial charge is 0.416 e. The van der Waals surface area contributed by atoms with Gasteiger partial charge in [-0.25, -0.2) is 0 Å². The Labute approximate surface area is 130 Å². The molecule has 0 aliphatic rings. The molecule has 2 aromatic carbocycles. The zero-order chi connectivity index (χ0) is 16.2. The molecule has 2 aromatic rings. The highest BCUT2D eigenvalue weighted by Gasteiger charge is 2.30. The summed E-state index contributed by atoms with van der Waals surface area (Å²) in [5.41, 5.74) is -0.0219. The molecule has 2 rings (SSSR count). The lowest BCUT2D eigenvalue weighted by atomic mass is 10.2. The summed E-state index contributed by atoms with van der Waals surface area (Å²) in [5.74, 6) is -0.528. The van der Waals surface area contributed by atoms with Crippen LogP contribution in [-0.4, -0.2) is 5.91 Å². The first-order valence-electron chi connectivity index (χ1n) is 6.26. The van der Waals surface area contributed by atoms with Gasteiger partial charge in [-0.3, -0.25) is 4.79 Å². The predicted octanol–water partition coefficient (Wildman–Crippen LogP) is 5.01. The van der Waals surface area contributed by atoms with Crippen molar-refractivity contribution in [3.63, 3.8) is 0 Å². The molecule has 1 N–H and O–H groups in total. The fourth-order valence-electron chi connectivity index (χ4n) is 1.74. The summed E-state index contributed by atoms with van der Waals surface area (Å²) in [5, 5.41) is 2.91. The number of anilines is 1. The number of carbonyl (C=O) groups excluding carboxylic acids is 1. The number of hydrogen-bond donors (Lipinski definition) is 1. The molecular formula is C16H11ClF3NO. The summed E-state index contributed by atoms with van der Waals surface area (Å²) in [7, 11) is 0. The summed E-state index contributed by atoms with van der Waals surface area (Å²) in [6.07, 6.45) is -1.70. The highest BCUT2D eigenvalue weighted by molar-refractivity contribution is 6.30. The number of benzene rings is 2. The minimum absolute atomic E-state index is 0.0792. The molecule has 0 saturated heterocycles. The van der Waals surface area contributed by atoms with Gasteiger partial charge in [0, 0.05) is 16.8 Å². The Bertz CT molecular complexity index is 711. The van der Waals surface area contributed by atoms with Crippen molar-refractivity contribution in [2.24, 2.45) is 0 Å². The van der Waals surface area contributed by atoms with Gasteiger partial charge in [-0.15, -0.1) is 0 Å². The average Bonchev–Trinajstić information content (AvgIpc) is 2.45. The normalized spacial score (nSPS) is 11.6. The van der Waals surface area contributed by atoms with E-state index in [2.05, 4.69) is 5.32 Å².